The van der Waals surface area contributed by atoms with Crippen molar-refractivity contribution in [3.05, 3.63) is 24.3 Å². The van der Waals surface area contributed by atoms with E-state index in [1.807, 2.05) is 0 Å². The van der Waals surface area contributed by atoms with E-state index < -0.39 is 0 Å². The number of anilines is 1. The number of carbonyl (C=O) groups excluding carboxylic acids is 1. The zero-order valence-electron chi connectivity index (χ0n) is 11.0. The van der Waals surface area contributed by atoms with Gasteiger partial charge in [0.1, 0.15) is 5.75 Å². The van der Waals surface area contributed by atoms with Gasteiger partial charge in [0.15, 0.2) is 6.61 Å². The molecule has 0 aliphatic carbocycles. The molecule has 0 aliphatic rings. The lowest BCUT2D eigenvalue weighted by molar-refractivity contribution is -0.124. The maximum absolute atomic E-state index is 11.7. The monoisotopic (exact) mass is 268 g/mol. The Morgan fingerprint density at radius 3 is 2.95 bits per heavy atom. The predicted molar refractivity (Wildman–Crippen MR) is 71.9 cm³/mol. The summed E-state index contributed by atoms with van der Waals surface area (Å²) in [6.45, 7) is 0.240. The molecule has 0 heterocycles. The van der Waals surface area contributed by atoms with Crippen LogP contribution in [-0.4, -0.2) is 44.0 Å². The van der Waals surface area contributed by atoms with Crippen LogP contribution in [0.15, 0.2) is 24.3 Å². The number of rotatable bonds is 8. The molecule has 1 aromatic rings. The van der Waals surface area contributed by atoms with Crippen LogP contribution in [0.3, 0.4) is 0 Å². The Kier molecular flexibility index (Phi) is 6.70. The minimum atomic E-state index is -0.266. The highest BCUT2D eigenvalue weighted by Crippen LogP contribution is 2.13. The molecule has 0 bridgehead atoms. The second-order valence-electron chi connectivity index (χ2n) is 4.09. The minimum Gasteiger partial charge on any atom is -0.484 e. The molecule has 0 saturated heterocycles. The molecule has 4 N–H and O–H groups in total. The number of aliphatic hydroxyl groups is 1. The molecule has 1 rings (SSSR count). The minimum absolute atomic E-state index is 0.00954. The number of hydrogen-bond donors (Lipinski definition) is 3. The van der Waals surface area contributed by atoms with E-state index in [0.717, 1.165) is 0 Å². The first kappa shape index (κ1) is 15.3. The molecular formula is C13H20N2O4. The first-order valence-electron chi connectivity index (χ1n) is 6.03. The van der Waals surface area contributed by atoms with Crippen molar-refractivity contribution in [2.75, 3.05) is 32.7 Å². The van der Waals surface area contributed by atoms with E-state index in [2.05, 4.69) is 5.32 Å². The first-order valence-corrected chi connectivity index (χ1v) is 6.03. The van der Waals surface area contributed by atoms with Crippen molar-refractivity contribution < 1.29 is 19.4 Å². The molecule has 106 valence electrons. The molecule has 1 aromatic carbocycles. The van der Waals surface area contributed by atoms with Crippen molar-refractivity contribution >= 4 is 11.6 Å². The second kappa shape index (κ2) is 8.34. The molecule has 0 aliphatic heterocycles. The van der Waals surface area contributed by atoms with E-state index in [9.17, 15) is 4.79 Å². The molecule has 1 atom stereocenters. The van der Waals surface area contributed by atoms with E-state index in [0.29, 0.717) is 24.5 Å². The van der Waals surface area contributed by atoms with Gasteiger partial charge >= 0.3 is 0 Å². The average molecular weight is 268 g/mol. The van der Waals surface area contributed by atoms with Gasteiger partial charge in [0.05, 0.1) is 12.6 Å². The van der Waals surface area contributed by atoms with Crippen LogP contribution in [0.2, 0.25) is 0 Å². The van der Waals surface area contributed by atoms with E-state index in [-0.39, 0.29) is 25.2 Å². The molecule has 19 heavy (non-hydrogen) atoms. The summed E-state index contributed by atoms with van der Waals surface area (Å²) in [7, 11) is 1.54. The fraction of sp³-hybridized carbons (Fsp3) is 0.462. The summed E-state index contributed by atoms with van der Waals surface area (Å²) in [6.07, 6.45) is 0.442. The van der Waals surface area contributed by atoms with Crippen LogP contribution >= 0.6 is 0 Å². The standard InChI is InChI=1S/C13H20N2O4/c1-18-8-11(5-6-16)15-13(17)9-19-12-4-2-3-10(14)7-12/h2-4,7,11,16H,5-6,8-9,14H2,1H3,(H,15,17). The quantitative estimate of drug-likeness (QED) is 0.584. The molecule has 0 spiro atoms. The van der Waals surface area contributed by atoms with Crippen LogP contribution in [0, 0.1) is 0 Å². The second-order valence-corrected chi connectivity index (χ2v) is 4.09. The van der Waals surface area contributed by atoms with Gasteiger partial charge in [-0.15, -0.1) is 0 Å². The number of ether oxygens (including phenoxy) is 2. The number of amides is 1. The first-order chi connectivity index (χ1) is 9.15. The summed E-state index contributed by atoms with van der Waals surface area (Å²) in [4.78, 5) is 11.7. The van der Waals surface area contributed by atoms with Crippen molar-refractivity contribution in [3.63, 3.8) is 0 Å². The van der Waals surface area contributed by atoms with Crippen molar-refractivity contribution in [1.29, 1.82) is 0 Å². The summed E-state index contributed by atoms with van der Waals surface area (Å²) in [5, 5.41) is 11.6. The fourth-order valence-electron chi connectivity index (χ4n) is 1.58. The van der Waals surface area contributed by atoms with E-state index in [1.54, 1.807) is 31.4 Å². The molecule has 1 unspecified atom stereocenters. The molecule has 0 radical (unpaired) electrons. The molecule has 1 amide bonds. The lowest BCUT2D eigenvalue weighted by atomic mass is 10.2. The summed E-state index contributed by atoms with van der Waals surface area (Å²) in [5.74, 6) is 0.276. The van der Waals surface area contributed by atoms with Gasteiger partial charge in [-0.3, -0.25) is 4.79 Å². The third-order valence-electron chi connectivity index (χ3n) is 2.44. The zero-order chi connectivity index (χ0) is 14.1. The van der Waals surface area contributed by atoms with Crippen molar-refractivity contribution in [2.24, 2.45) is 0 Å². The number of benzene rings is 1. The predicted octanol–water partition coefficient (Wildman–Crippen LogP) is 0.161. The van der Waals surface area contributed by atoms with Crippen molar-refractivity contribution in [3.8, 4) is 5.75 Å². The van der Waals surface area contributed by atoms with Gasteiger partial charge in [-0.1, -0.05) is 6.07 Å². The number of aliphatic hydroxyl groups excluding tert-OH is 1. The Bertz CT molecular complexity index is 392. The lowest BCUT2D eigenvalue weighted by Crippen LogP contribution is -2.41. The van der Waals surface area contributed by atoms with Crippen molar-refractivity contribution in [2.45, 2.75) is 12.5 Å². The van der Waals surface area contributed by atoms with Gasteiger partial charge in [-0.2, -0.15) is 0 Å². The number of nitrogens with two attached hydrogens (primary N) is 1. The van der Waals surface area contributed by atoms with Gasteiger partial charge in [0, 0.05) is 25.5 Å². The smallest absolute Gasteiger partial charge is 0.258 e. The third kappa shape index (κ3) is 6.08. The van der Waals surface area contributed by atoms with Crippen LogP contribution < -0.4 is 15.8 Å². The Labute approximate surface area is 112 Å². The van der Waals surface area contributed by atoms with Crippen LogP contribution in [0.4, 0.5) is 5.69 Å². The van der Waals surface area contributed by atoms with E-state index >= 15 is 0 Å². The molecule has 6 heteroatoms. The van der Waals surface area contributed by atoms with Gasteiger partial charge in [0.25, 0.3) is 5.91 Å². The number of nitrogens with one attached hydrogen (secondary N) is 1. The third-order valence-corrected chi connectivity index (χ3v) is 2.44. The fourth-order valence-corrected chi connectivity index (χ4v) is 1.58. The van der Waals surface area contributed by atoms with Gasteiger partial charge in [0.2, 0.25) is 0 Å². The van der Waals surface area contributed by atoms with Crippen LogP contribution in [-0.2, 0) is 9.53 Å². The van der Waals surface area contributed by atoms with Crippen LogP contribution in [0.1, 0.15) is 6.42 Å². The molecule has 6 nitrogen and oxygen atoms in total. The highest BCUT2D eigenvalue weighted by molar-refractivity contribution is 5.77. The van der Waals surface area contributed by atoms with E-state index in [1.165, 1.54) is 0 Å². The SMILES string of the molecule is COCC(CCO)NC(=O)COc1cccc(N)c1. The molecule has 0 aromatic heterocycles. The maximum Gasteiger partial charge on any atom is 0.258 e. The largest absolute Gasteiger partial charge is 0.484 e. The lowest BCUT2D eigenvalue weighted by Gasteiger charge is -2.17. The summed E-state index contributed by atoms with van der Waals surface area (Å²) in [5.41, 5.74) is 6.18. The van der Waals surface area contributed by atoms with Crippen molar-refractivity contribution in [1.82, 2.24) is 5.32 Å². The zero-order valence-corrected chi connectivity index (χ0v) is 11.0. The summed E-state index contributed by atoms with van der Waals surface area (Å²) < 4.78 is 10.3. The number of methoxy groups -OCH3 is 1. The Balaban J connectivity index is 2.37. The van der Waals surface area contributed by atoms with Gasteiger partial charge < -0.3 is 25.6 Å². The van der Waals surface area contributed by atoms with Gasteiger partial charge in [-0.25, -0.2) is 0 Å². The maximum atomic E-state index is 11.7. The van der Waals surface area contributed by atoms with Crippen LogP contribution in [0.5, 0.6) is 5.75 Å². The normalized spacial score (nSPS) is 11.9. The highest BCUT2D eigenvalue weighted by atomic mass is 16.5. The summed E-state index contributed by atoms with van der Waals surface area (Å²) >= 11 is 0. The number of hydrogen-bond acceptors (Lipinski definition) is 5. The average Bonchev–Trinajstić information content (AvgIpc) is 2.37. The topological polar surface area (TPSA) is 93.8 Å². The van der Waals surface area contributed by atoms with E-state index in [4.69, 9.17) is 20.3 Å². The summed E-state index contributed by atoms with van der Waals surface area (Å²) in [6, 6.07) is 6.65. The molecule has 0 fully saturated rings. The Morgan fingerprint density at radius 1 is 1.53 bits per heavy atom. The molecular weight excluding hydrogens is 248 g/mol. The Morgan fingerprint density at radius 2 is 2.32 bits per heavy atom. The number of nitrogen functional groups attached to an aromatic ring is 1. The van der Waals surface area contributed by atoms with Crippen LogP contribution in [0.25, 0.3) is 0 Å². The number of carbonyl (C=O) groups is 1. The molecule has 0 saturated carbocycles. The Hall–Kier alpha value is -1.79. The highest BCUT2D eigenvalue weighted by Gasteiger charge is 2.12. The van der Waals surface area contributed by atoms with Gasteiger partial charge in [-0.05, 0) is 18.6 Å².